The lowest BCUT2D eigenvalue weighted by molar-refractivity contribution is -0.120. The van der Waals surface area contributed by atoms with Gasteiger partial charge in [0.05, 0.1) is 0 Å². The molecule has 96 valence electrons. The molecule has 19 heavy (non-hydrogen) atoms. The first-order chi connectivity index (χ1) is 9.21. The fourth-order valence-corrected chi connectivity index (χ4v) is 1.49. The van der Waals surface area contributed by atoms with Gasteiger partial charge in [-0.05, 0) is 18.1 Å². The van der Waals surface area contributed by atoms with Gasteiger partial charge in [0.1, 0.15) is 17.7 Å². The van der Waals surface area contributed by atoms with Crippen molar-refractivity contribution in [2.45, 2.75) is 12.8 Å². The lowest BCUT2D eigenvalue weighted by Crippen LogP contribution is -2.18. The molecule has 2 N–H and O–H groups in total. The molecule has 0 bridgehead atoms. The van der Waals surface area contributed by atoms with Gasteiger partial charge in [-0.1, -0.05) is 18.2 Å². The fraction of sp³-hybridized carbons (Fsp3) is 0.214. The van der Waals surface area contributed by atoms with Gasteiger partial charge in [-0.15, -0.1) is 0 Å². The normalized spacial score (nSPS) is 8.79. The van der Waals surface area contributed by atoms with E-state index in [0.29, 0.717) is 12.8 Å². The SMILES string of the molecule is CNC(=O)CCc1ccccc1NC=C(C#N)C#N. The van der Waals surface area contributed by atoms with Crippen molar-refractivity contribution in [3.63, 3.8) is 0 Å². The van der Waals surface area contributed by atoms with Crippen molar-refractivity contribution in [3.8, 4) is 12.1 Å². The zero-order valence-corrected chi connectivity index (χ0v) is 10.6. The van der Waals surface area contributed by atoms with E-state index in [1.54, 1.807) is 19.2 Å². The minimum absolute atomic E-state index is 0.00102. The van der Waals surface area contributed by atoms with Gasteiger partial charge in [0.15, 0.2) is 0 Å². The van der Waals surface area contributed by atoms with Crippen molar-refractivity contribution in [2.75, 3.05) is 12.4 Å². The number of allylic oxidation sites excluding steroid dienone is 1. The first-order valence-electron chi connectivity index (χ1n) is 5.76. The molecular formula is C14H14N4O. The summed E-state index contributed by atoms with van der Waals surface area (Å²) < 4.78 is 0. The van der Waals surface area contributed by atoms with Crippen LogP contribution in [0, 0.1) is 22.7 Å². The van der Waals surface area contributed by atoms with Crippen LogP contribution in [-0.4, -0.2) is 13.0 Å². The molecule has 0 heterocycles. The highest BCUT2D eigenvalue weighted by Crippen LogP contribution is 2.17. The smallest absolute Gasteiger partial charge is 0.220 e. The molecule has 1 aromatic rings. The van der Waals surface area contributed by atoms with Gasteiger partial charge in [-0.3, -0.25) is 4.79 Å². The first-order valence-corrected chi connectivity index (χ1v) is 5.76. The molecule has 1 rings (SSSR count). The highest BCUT2D eigenvalue weighted by Gasteiger charge is 2.04. The Morgan fingerprint density at radius 2 is 2.00 bits per heavy atom. The maximum atomic E-state index is 11.2. The molecule has 0 fully saturated rings. The number of carbonyl (C=O) groups excluding carboxylic acids is 1. The van der Waals surface area contributed by atoms with E-state index in [-0.39, 0.29) is 11.5 Å². The minimum Gasteiger partial charge on any atom is -0.360 e. The molecule has 0 unspecified atom stereocenters. The van der Waals surface area contributed by atoms with Crippen molar-refractivity contribution < 1.29 is 4.79 Å². The van der Waals surface area contributed by atoms with Crippen LogP contribution in [0.2, 0.25) is 0 Å². The van der Waals surface area contributed by atoms with Crippen LogP contribution in [0.5, 0.6) is 0 Å². The van der Waals surface area contributed by atoms with Crippen molar-refractivity contribution in [2.24, 2.45) is 0 Å². The number of hydrogen-bond donors (Lipinski definition) is 2. The van der Waals surface area contributed by atoms with Gasteiger partial charge in [0.2, 0.25) is 5.91 Å². The van der Waals surface area contributed by atoms with Gasteiger partial charge in [0, 0.05) is 25.4 Å². The highest BCUT2D eigenvalue weighted by atomic mass is 16.1. The number of para-hydroxylation sites is 1. The molecule has 5 nitrogen and oxygen atoms in total. The largest absolute Gasteiger partial charge is 0.360 e. The van der Waals surface area contributed by atoms with E-state index in [0.717, 1.165) is 11.3 Å². The van der Waals surface area contributed by atoms with E-state index in [1.807, 2.05) is 24.3 Å². The second-order valence-electron chi connectivity index (χ2n) is 3.76. The van der Waals surface area contributed by atoms with Crippen LogP contribution in [0.15, 0.2) is 36.0 Å². The second kappa shape index (κ2) is 7.52. The monoisotopic (exact) mass is 254 g/mol. The molecule has 1 amide bonds. The predicted octanol–water partition coefficient (Wildman–Crippen LogP) is 1.71. The van der Waals surface area contributed by atoms with Crippen LogP contribution in [0.25, 0.3) is 0 Å². The lowest BCUT2D eigenvalue weighted by Gasteiger charge is -2.08. The average molecular weight is 254 g/mol. The molecule has 0 aliphatic rings. The third-order valence-corrected chi connectivity index (χ3v) is 2.53. The van der Waals surface area contributed by atoms with Gasteiger partial charge in [-0.25, -0.2) is 0 Å². The Labute approximate surface area is 112 Å². The quantitative estimate of drug-likeness (QED) is 0.783. The molecular weight excluding hydrogens is 240 g/mol. The summed E-state index contributed by atoms with van der Waals surface area (Å²) in [5.41, 5.74) is 1.74. The summed E-state index contributed by atoms with van der Waals surface area (Å²) in [5.74, 6) is -0.0277. The van der Waals surface area contributed by atoms with Crippen molar-refractivity contribution in [1.82, 2.24) is 5.32 Å². The topological polar surface area (TPSA) is 88.7 Å². The Morgan fingerprint density at radius 3 is 2.63 bits per heavy atom. The molecule has 0 saturated heterocycles. The predicted molar refractivity (Wildman–Crippen MR) is 71.8 cm³/mol. The van der Waals surface area contributed by atoms with Crippen LogP contribution in [0.4, 0.5) is 5.69 Å². The van der Waals surface area contributed by atoms with Crippen LogP contribution in [0.3, 0.4) is 0 Å². The number of aryl methyl sites for hydroxylation is 1. The summed E-state index contributed by atoms with van der Waals surface area (Å²) in [7, 11) is 1.60. The van der Waals surface area contributed by atoms with E-state index in [1.165, 1.54) is 6.20 Å². The van der Waals surface area contributed by atoms with Gasteiger partial charge >= 0.3 is 0 Å². The molecule has 0 aliphatic carbocycles. The van der Waals surface area contributed by atoms with Gasteiger partial charge < -0.3 is 10.6 Å². The maximum Gasteiger partial charge on any atom is 0.220 e. The van der Waals surface area contributed by atoms with E-state index >= 15 is 0 Å². The molecule has 1 aromatic carbocycles. The van der Waals surface area contributed by atoms with Gasteiger partial charge in [-0.2, -0.15) is 10.5 Å². The van der Waals surface area contributed by atoms with E-state index in [2.05, 4.69) is 10.6 Å². The number of nitrogens with zero attached hydrogens (tertiary/aromatic N) is 2. The molecule has 0 spiro atoms. The molecule has 0 atom stereocenters. The summed E-state index contributed by atoms with van der Waals surface area (Å²) in [6.07, 6.45) is 2.34. The number of rotatable bonds is 5. The molecule has 0 saturated carbocycles. The van der Waals surface area contributed by atoms with Crippen molar-refractivity contribution >= 4 is 11.6 Å². The number of benzene rings is 1. The minimum atomic E-state index is -0.0277. The zero-order chi connectivity index (χ0) is 14.1. The highest BCUT2D eigenvalue weighted by molar-refractivity contribution is 5.76. The van der Waals surface area contributed by atoms with Crippen LogP contribution < -0.4 is 10.6 Å². The Balaban J connectivity index is 2.80. The number of nitriles is 2. The average Bonchev–Trinajstić information content (AvgIpc) is 2.46. The van der Waals surface area contributed by atoms with Crippen molar-refractivity contribution in [3.05, 3.63) is 41.6 Å². The molecule has 0 aliphatic heterocycles. The first kappa shape index (κ1) is 14.3. The van der Waals surface area contributed by atoms with E-state index in [4.69, 9.17) is 10.5 Å². The third-order valence-electron chi connectivity index (χ3n) is 2.53. The number of nitrogens with one attached hydrogen (secondary N) is 2. The van der Waals surface area contributed by atoms with Crippen LogP contribution >= 0.6 is 0 Å². The number of carbonyl (C=O) groups is 1. The van der Waals surface area contributed by atoms with E-state index < -0.39 is 0 Å². The summed E-state index contributed by atoms with van der Waals surface area (Å²) in [4.78, 5) is 11.2. The number of anilines is 1. The summed E-state index contributed by atoms with van der Waals surface area (Å²) in [6.45, 7) is 0. The fourth-order valence-electron chi connectivity index (χ4n) is 1.49. The molecule has 0 radical (unpaired) electrons. The van der Waals surface area contributed by atoms with Crippen LogP contribution in [0.1, 0.15) is 12.0 Å². The summed E-state index contributed by atoms with van der Waals surface area (Å²) in [5, 5.41) is 22.8. The van der Waals surface area contributed by atoms with Crippen LogP contribution in [-0.2, 0) is 11.2 Å². The summed E-state index contributed by atoms with van der Waals surface area (Å²) in [6, 6.07) is 11.0. The zero-order valence-electron chi connectivity index (χ0n) is 10.6. The third kappa shape index (κ3) is 4.53. The standard InChI is InChI=1S/C14H14N4O/c1-17-14(19)7-6-12-4-2-3-5-13(12)18-10-11(8-15)9-16/h2-5,10,18H,6-7H2,1H3,(H,17,19). The lowest BCUT2D eigenvalue weighted by atomic mass is 10.1. The number of amides is 1. The van der Waals surface area contributed by atoms with Gasteiger partial charge in [0.25, 0.3) is 0 Å². The second-order valence-corrected chi connectivity index (χ2v) is 3.76. The Hall–Kier alpha value is -2.79. The Kier molecular flexibility index (Phi) is 5.65. The van der Waals surface area contributed by atoms with E-state index in [9.17, 15) is 4.79 Å². The van der Waals surface area contributed by atoms with Crippen molar-refractivity contribution in [1.29, 1.82) is 10.5 Å². The maximum absolute atomic E-state index is 11.2. The Bertz CT molecular complexity index is 548. The number of hydrogen-bond acceptors (Lipinski definition) is 4. The Morgan fingerprint density at radius 1 is 1.32 bits per heavy atom. The summed E-state index contributed by atoms with van der Waals surface area (Å²) >= 11 is 0. The molecule has 0 aromatic heterocycles. The molecule has 5 heteroatoms.